The summed E-state index contributed by atoms with van der Waals surface area (Å²) in [5.41, 5.74) is 0.140. The lowest BCUT2D eigenvalue weighted by atomic mass is 9.86. The number of hydrogen-bond acceptors (Lipinski definition) is 1. The van der Waals surface area contributed by atoms with Crippen LogP contribution >= 0.6 is 0 Å². The van der Waals surface area contributed by atoms with E-state index in [9.17, 15) is 8.78 Å². The first-order chi connectivity index (χ1) is 7.93. The number of halogens is 2. The van der Waals surface area contributed by atoms with Gasteiger partial charge in [0.2, 0.25) is 0 Å². The van der Waals surface area contributed by atoms with Crippen molar-refractivity contribution < 1.29 is 8.78 Å². The molecule has 1 aliphatic heterocycles. The molecule has 1 heterocycles. The second-order valence-electron chi connectivity index (χ2n) is 5.69. The highest BCUT2D eigenvalue weighted by atomic mass is 19.3. The van der Waals surface area contributed by atoms with Crippen molar-refractivity contribution in [3.63, 3.8) is 0 Å². The minimum Gasteiger partial charge on any atom is -0.297 e. The van der Waals surface area contributed by atoms with Crippen molar-refractivity contribution >= 4 is 0 Å². The molecule has 0 bridgehead atoms. The minimum absolute atomic E-state index is 0.0401. The number of unbranched alkanes of at least 4 members (excludes halogenated alkanes) is 1. The standard InChI is InChI=1S/C14H27F2N/c1-4-6-8-13(3,7-5-2)17-11-9-14(15,16)10-12-17/h4-12H2,1-3H3. The molecule has 0 N–H and O–H groups in total. The van der Waals surface area contributed by atoms with Crippen LogP contribution in [-0.2, 0) is 0 Å². The molecule has 0 saturated carbocycles. The Hall–Kier alpha value is -0.180. The maximum atomic E-state index is 13.2. The van der Waals surface area contributed by atoms with Gasteiger partial charge in [0.25, 0.3) is 5.92 Å². The molecule has 0 aliphatic carbocycles. The highest BCUT2D eigenvalue weighted by molar-refractivity contribution is 4.90. The molecule has 0 spiro atoms. The smallest absolute Gasteiger partial charge is 0.250 e. The maximum absolute atomic E-state index is 13.2. The monoisotopic (exact) mass is 247 g/mol. The molecule has 17 heavy (non-hydrogen) atoms. The molecular formula is C14H27F2N. The second kappa shape index (κ2) is 6.12. The van der Waals surface area contributed by atoms with Crippen LogP contribution in [-0.4, -0.2) is 29.5 Å². The first kappa shape index (κ1) is 14.9. The van der Waals surface area contributed by atoms with Crippen LogP contribution in [0.2, 0.25) is 0 Å². The number of hydrogen-bond donors (Lipinski definition) is 0. The van der Waals surface area contributed by atoms with E-state index in [0.717, 1.165) is 19.3 Å². The van der Waals surface area contributed by atoms with Crippen molar-refractivity contribution in [3.05, 3.63) is 0 Å². The summed E-state index contributed by atoms with van der Waals surface area (Å²) < 4.78 is 26.4. The zero-order valence-corrected chi connectivity index (χ0v) is 11.6. The van der Waals surface area contributed by atoms with Crippen LogP contribution in [0, 0.1) is 0 Å². The number of piperidine rings is 1. The molecule has 1 aliphatic rings. The van der Waals surface area contributed by atoms with Crippen LogP contribution in [0.4, 0.5) is 8.78 Å². The van der Waals surface area contributed by atoms with Gasteiger partial charge in [-0.3, -0.25) is 4.90 Å². The maximum Gasteiger partial charge on any atom is 0.250 e. The van der Waals surface area contributed by atoms with Gasteiger partial charge in [-0.2, -0.15) is 0 Å². The molecule has 1 saturated heterocycles. The Kier molecular flexibility index (Phi) is 5.36. The lowest BCUT2D eigenvalue weighted by molar-refractivity contribution is -0.0793. The van der Waals surface area contributed by atoms with Gasteiger partial charge in [0.05, 0.1) is 0 Å². The van der Waals surface area contributed by atoms with Crippen molar-refractivity contribution in [2.45, 2.75) is 77.2 Å². The minimum atomic E-state index is -2.42. The van der Waals surface area contributed by atoms with Crippen molar-refractivity contribution in [3.8, 4) is 0 Å². The number of rotatable bonds is 6. The van der Waals surface area contributed by atoms with E-state index >= 15 is 0 Å². The van der Waals surface area contributed by atoms with E-state index in [1.54, 1.807) is 0 Å². The first-order valence-corrected chi connectivity index (χ1v) is 7.06. The van der Waals surface area contributed by atoms with Gasteiger partial charge < -0.3 is 0 Å². The highest BCUT2D eigenvalue weighted by Crippen LogP contribution is 2.35. The number of alkyl halides is 2. The van der Waals surface area contributed by atoms with E-state index in [0.29, 0.717) is 13.1 Å². The average Bonchev–Trinajstić information content (AvgIpc) is 2.26. The van der Waals surface area contributed by atoms with Crippen molar-refractivity contribution in [1.29, 1.82) is 0 Å². The average molecular weight is 247 g/mol. The van der Waals surface area contributed by atoms with Gasteiger partial charge >= 0.3 is 0 Å². The van der Waals surface area contributed by atoms with Gasteiger partial charge in [-0.15, -0.1) is 0 Å². The Morgan fingerprint density at radius 3 is 2.12 bits per heavy atom. The molecule has 0 aromatic carbocycles. The van der Waals surface area contributed by atoms with Gasteiger partial charge in [-0.25, -0.2) is 8.78 Å². The SMILES string of the molecule is CCCCC(C)(CCC)N1CCC(F)(F)CC1. The van der Waals surface area contributed by atoms with Crippen LogP contribution < -0.4 is 0 Å². The summed E-state index contributed by atoms with van der Waals surface area (Å²) >= 11 is 0. The first-order valence-electron chi connectivity index (χ1n) is 7.06. The van der Waals surface area contributed by atoms with Gasteiger partial charge in [0.1, 0.15) is 0 Å². The molecule has 1 nitrogen and oxygen atoms in total. The summed E-state index contributed by atoms with van der Waals surface area (Å²) in [5.74, 6) is -2.42. The van der Waals surface area contributed by atoms with E-state index in [1.165, 1.54) is 12.8 Å². The lowest BCUT2D eigenvalue weighted by Gasteiger charge is -2.45. The highest BCUT2D eigenvalue weighted by Gasteiger charge is 2.39. The quantitative estimate of drug-likeness (QED) is 0.669. The lowest BCUT2D eigenvalue weighted by Crippen LogP contribution is -2.52. The Morgan fingerprint density at radius 2 is 1.65 bits per heavy atom. The van der Waals surface area contributed by atoms with E-state index in [2.05, 4.69) is 25.7 Å². The molecule has 3 heteroatoms. The Labute approximate surface area is 105 Å². The van der Waals surface area contributed by atoms with Crippen molar-refractivity contribution in [2.24, 2.45) is 0 Å². The molecule has 102 valence electrons. The Bertz CT molecular complexity index is 220. The van der Waals surface area contributed by atoms with Crippen LogP contribution in [0.15, 0.2) is 0 Å². The molecule has 1 fully saturated rings. The van der Waals surface area contributed by atoms with Crippen LogP contribution in [0.5, 0.6) is 0 Å². The summed E-state index contributed by atoms with van der Waals surface area (Å²) in [6.07, 6.45) is 5.86. The zero-order chi connectivity index (χ0) is 12.9. The van der Waals surface area contributed by atoms with Crippen LogP contribution in [0.1, 0.15) is 65.7 Å². The van der Waals surface area contributed by atoms with Crippen LogP contribution in [0.3, 0.4) is 0 Å². The molecule has 1 atom stereocenters. The number of nitrogens with zero attached hydrogens (tertiary/aromatic N) is 1. The fourth-order valence-electron chi connectivity index (χ4n) is 2.91. The van der Waals surface area contributed by atoms with Crippen molar-refractivity contribution in [1.82, 2.24) is 4.90 Å². The third kappa shape index (κ3) is 4.20. The summed E-state index contributed by atoms with van der Waals surface area (Å²) in [5, 5.41) is 0. The van der Waals surface area contributed by atoms with Gasteiger partial charge in [0.15, 0.2) is 0 Å². The third-order valence-corrected chi connectivity index (χ3v) is 4.12. The molecule has 1 unspecified atom stereocenters. The summed E-state index contributed by atoms with van der Waals surface area (Å²) in [6.45, 7) is 7.76. The number of likely N-dealkylation sites (tertiary alicyclic amines) is 1. The zero-order valence-electron chi connectivity index (χ0n) is 11.6. The topological polar surface area (TPSA) is 3.24 Å². The molecule has 0 amide bonds. The molecule has 1 rings (SSSR count). The fraction of sp³-hybridized carbons (Fsp3) is 1.00. The van der Waals surface area contributed by atoms with Crippen molar-refractivity contribution in [2.75, 3.05) is 13.1 Å². The summed E-state index contributed by atoms with van der Waals surface area (Å²) in [7, 11) is 0. The second-order valence-corrected chi connectivity index (χ2v) is 5.69. The van der Waals surface area contributed by atoms with E-state index in [1.807, 2.05) is 0 Å². The van der Waals surface area contributed by atoms with Gasteiger partial charge in [-0.05, 0) is 19.8 Å². The van der Waals surface area contributed by atoms with E-state index in [-0.39, 0.29) is 18.4 Å². The van der Waals surface area contributed by atoms with E-state index in [4.69, 9.17) is 0 Å². The third-order valence-electron chi connectivity index (χ3n) is 4.12. The molecule has 0 radical (unpaired) electrons. The molecule has 0 aromatic rings. The Balaban J connectivity index is 2.58. The van der Waals surface area contributed by atoms with E-state index < -0.39 is 5.92 Å². The predicted octanol–water partition coefficient (Wildman–Crippen LogP) is 4.47. The predicted molar refractivity (Wildman–Crippen MR) is 68.6 cm³/mol. The summed E-state index contributed by atoms with van der Waals surface area (Å²) in [6, 6.07) is 0. The fourth-order valence-corrected chi connectivity index (χ4v) is 2.91. The van der Waals surface area contributed by atoms with Crippen LogP contribution in [0.25, 0.3) is 0 Å². The largest absolute Gasteiger partial charge is 0.297 e. The Morgan fingerprint density at radius 1 is 1.06 bits per heavy atom. The normalized spacial score (nSPS) is 24.5. The van der Waals surface area contributed by atoms with Gasteiger partial charge in [0, 0.05) is 31.5 Å². The summed E-state index contributed by atoms with van der Waals surface area (Å²) in [4.78, 5) is 2.31. The molecular weight excluding hydrogens is 220 g/mol. The molecule has 0 aromatic heterocycles. The van der Waals surface area contributed by atoms with Gasteiger partial charge in [-0.1, -0.05) is 33.1 Å².